The summed E-state index contributed by atoms with van der Waals surface area (Å²) in [6.45, 7) is 3.27. The van der Waals surface area contributed by atoms with E-state index in [2.05, 4.69) is 10.6 Å². The van der Waals surface area contributed by atoms with Crippen LogP contribution >= 0.6 is 0 Å². The quantitative estimate of drug-likeness (QED) is 0.267. The first kappa shape index (κ1) is 23.2. The first-order valence-electron chi connectivity index (χ1n) is 7.57. The van der Waals surface area contributed by atoms with Gasteiger partial charge in [0.1, 0.15) is 12.6 Å². The van der Waals surface area contributed by atoms with Gasteiger partial charge in [-0.3, -0.25) is 9.59 Å². The third kappa shape index (κ3) is 9.91. The summed E-state index contributed by atoms with van der Waals surface area (Å²) in [6.07, 6.45) is 1.49. The number of amides is 1. The predicted octanol–water partition coefficient (Wildman–Crippen LogP) is -2.03. The maximum atomic E-state index is 11.7. The van der Waals surface area contributed by atoms with Crippen LogP contribution in [0.5, 0.6) is 0 Å². The van der Waals surface area contributed by atoms with Crippen molar-refractivity contribution in [1.82, 2.24) is 10.6 Å². The van der Waals surface area contributed by atoms with Crippen molar-refractivity contribution in [2.45, 2.75) is 26.3 Å². The van der Waals surface area contributed by atoms with Gasteiger partial charge in [0.2, 0.25) is 5.91 Å². The van der Waals surface area contributed by atoms with Crippen LogP contribution in [0, 0.1) is 0 Å². The molecular formula is C17H23N2NaO5. The molecule has 0 radical (unpaired) electrons. The fourth-order valence-electron chi connectivity index (χ4n) is 1.99. The van der Waals surface area contributed by atoms with E-state index in [1.807, 2.05) is 30.3 Å². The molecule has 1 aromatic carbocycles. The van der Waals surface area contributed by atoms with Crippen LogP contribution < -0.4 is 40.2 Å². The molecule has 0 bridgehead atoms. The Morgan fingerprint density at radius 1 is 1.28 bits per heavy atom. The Hall–Kier alpha value is -1.83. The molecule has 1 aromatic rings. The van der Waals surface area contributed by atoms with Crippen molar-refractivity contribution in [3.8, 4) is 0 Å². The minimum absolute atomic E-state index is 0. The van der Waals surface area contributed by atoms with Crippen molar-refractivity contribution < 1.29 is 55.2 Å². The van der Waals surface area contributed by atoms with Gasteiger partial charge in [0.15, 0.2) is 0 Å². The van der Waals surface area contributed by atoms with Crippen LogP contribution in [-0.2, 0) is 25.5 Å². The summed E-state index contributed by atoms with van der Waals surface area (Å²) in [4.78, 5) is 34.2. The molecule has 7 nitrogen and oxygen atoms in total. The van der Waals surface area contributed by atoms with E-state index in [0.29, 0.717) is 5.70 Å². The number of benzene rings is 1. The van der Waals surface area contributed by atoms with Gasteiger partial charge >= 0.3 is 41.5 Å². The number of carbonyl (C=O) groups is 3. The van der Waals surface area contributed by atoms with E-state index in [1.54, 1.807) is 13.8 Å². The normalized spacial score (nSPS) is 11.7. The molecule has 0 unspecified atom stereocenters. The number of carboxylic acids is 1. The number of esters is 1. The second-order valence-corrected chi connectivity index (χ2v) is 5.08. The SMILES string of the molecule is CCOC(=O)CNC(=O)/C=C(\C)N[C@@H](Cc1ccccc1)C(=O)O.[H-].[Na+]. The Kier molecular flexibility index (Phi) is 11.6. The second-order valence-electron chi connectivity index (χ2n) is 5.08. The van der Waals surface area contributed by atoms with Crippen molar-refractivity contribution in [2.24, 2.45) is 0 Å². The van der Waals surface area contributed by atoms with Crippen molar-refractivity contribution in [3.05, 3.63) is 47.7 Å². The minimum atomic E-state index is -1.02. The van der Waals surface area contributed by atoms with Crippen molar-refractivity contribution in [1.29, 1.82) is 0 Å². The Morgan fingerprint density at radius 2 is 1.92 bits per heavy atom. The van der Waals surface area contributed by atoms with E-state index < -0.39 is 23.9 Å². The molecule has 0 spiro atoms. The molecule has 132 valence electrons. The fourth-order valence-corrected chi connectivity index (χ4v) is 1.99. The van der Waals surface area contributed by atoms with Crippen LogP contribution in [0.3, 0.4) is 0 Å². The molecule has 0 aromatic heterocycles. The Balaban J connectivity index is 0. The summed E-state index contributed by atoms with van der Waals surface area (Å²) in [5.41, 5.74) is 1.26. The largest absolute Gasteiger partial charge is 1.00 e. The molecule has 0 saturated heterocycles. The molecule has 3 N–H and O–H groups in total. The summed E-state index contributed by atoms with van der Waals surface area (Å²) >= 11 is 0. The van der Waals surface area contributed by atoms with Crippen LogP contribution in [0.1, 0.15) is 20.8 Å². The standard InChI is InChI=1S/C17H22N2O5.Na.H/c1-3-24-16(21)11-18-15(20)9-12(2)19-14(17(22)23)10-13-7-5-4-6-8-13;;/h4-9,14,19H,3,10-11H2,1-2H3,(H,18,20)(H,22,23);;/q;+1;-1/b12-9+;;/t14-;;/m0../s1. The van der Waals surface area contributed by atoms with Crippen LogP contribution in [0.25, 0.3) is 0 Å². The third-order valence-corrected chi connectivity index (χ3v) is 3.04. The van der Waals surface area contributed by atoms with Crippen LogP contribution in [-0.4, -0.2) is 42.1 Å². The number of rotatable bonds is 9. The summed E-state index contributed by atoms with van der Waals surface area (Å²) in [7, 11) is 0. The van der Waals surface area contributed by atoms with E-state index in [4.69, 9.17) is 4.74 Å². The van der Waals surface area contributed by atoms with E-state index in [0.717, 1.165) is 5.56 Å². The number of ether oxygens (including phenoxy) is 1. The summed E-state index contributed by atoms with van der Waals surface area (Å²) < 4.78 is 4.69. The van der Waals surface area contributed by atoms with Gasteiger partial charge in [0, 0.05) is 18.2 Å². The fraction of sp³-hybridized carbons (Fsp3) is 0.353. The van der Waals surface area contributed by atoms with Crippen molar-refractivity contribution in [2.75, 3.05) is 13.2 Å². The number of carbonyl (C=O) groups excluding carboxylic acids is 2. The monoisotopic (exact) mass is 358 g/mol. The van der Waals surface area contributed by atoms with Gasteiger partial charge in [-0.2, -0.15) is 0 Å². The number of aliphatic carboxylic acids is 1. The maximum Gasteiger partial charge on any atom is 1.00 e. The first-order valence-corrected chi connectivity index (χ1v) is 7.57. The van der Waals surface area contributed by atoms with Gasteiger partial charge in [0.25, 0.3) is 0 Å². The average Bonchev–Trinajstić information content (AvgIpc) is 2.53. The third-order valence-electron chi connectivity index (χ3n) is 3.04. The summed E-state index contributed by atoms with van der Waals surface area (Å²) in [5, 5.41) is 14.5. The van der Waals surface area contributed by atoms with Gasteiger partial charge in [-0.15, -0.1) is 0 Å². The molecule has 0 saturated carbocycles. The zero-order valence-corrected chi connectivity index (χ0v) is 16.7. The molecular weight excluding hydrogens is 335 g/mol. The molecule has 1 amide bonds. The Morgan fingerprint density at radius 3 is 2.48 bits per heavy atom. The zero-order chi connectivity index (χ0) is 17.9. The molecule has 0 aliphatic rings. The molecule has 0 aliphatic heterocycles. The van der Waals surface area contributed by atoms with Gasteiger partial charge in [-0.05, 0) is 19.4 Å². The molecule has 1 atom stereocenters. The van der Waals surface area contributed by atoms with Gasteiger partial charge < -0.3 is 21.9 Å². The molecule has 1 rings (SSSR count). The van der Waals surface area contributed by atoms with E-state index in [9.17, 15) is 19.5 Å². The Labute approximate surface area is 170 Å². The molecule has 0 heterocycles. The molecule has 25 heavy (non-hydrogen) atoms. The maximum absolute atomic E-state index is 11.7. The van der Waals surface area contributed by atoms with Gasteiger partial charge in [0.05, 0.1) is 6.61 Å². The smallest absolute Gasteiger partial charge is 1.00 e. The second kappa shape index (κ2) is 12.5. The van der Waals surface area contributed by atoms with Crippen LogP contribution in [0.4, 0.5) is 0 Å². The van der Waals surface area contributed by atoms with Crippen LogP contribution in [0.2, 0.25) is 0 Å². The Bertz CT molecular complexity index is 610. The van der Waals surface area contributed by atoms with Gasteiger partial charge in [-0.25, -0.2) is 4.79 Å². The number of hydrogen-bond donors (Lipinski definition) is 3. The number of carboxylic acid groups (broad SMARTS) is 1. The van der Waals surface area contributed by atoms with Crippen molar-refractivity contribution in [3.63, 3.8) is 0 Å². The summed E-state index contributed by atoms with van der Waals surface area (Å²) in [5.74, 6) is -2.05. The number of allylic oxidation sites excluding steroid dienone is 1. The van der Waals surface area contributed by atoms with Crippen molar-refractivity contribution >= 4 is 17.8 Å². The zero-order valence-electron chi connectivity index (χ0n) is 15.7. The first-order chi connectivity index (χ1) is 11.4. The van der Waals surface area contributed by atoms with Gasteiger partial charge in [-0.1, -0.05) is 30.3 Å². The molecule has 0 fully saturated rings. The minimum Gasteiger partial charge on any atom is -1.00 e. The summed E-state index contributed by atoms with van der Waals surface area (Å²) in [6, 6.07) is 8.33. The van der Waals surface area contributed by atoms with Crippen LogP contribution in [0.15, 0.2) is 42.1 Å². The van der Waals surface area contributed by atoms with E-state index >= 15 is 0 Å². The number of hydrogen-bond acceptors (Lipinski definition) is 5. The molecule has 8 heteroatoms. The predicted molar refractivity (Wildman–Crippen MR) is 89.2 cm³/mol. The van der Waals surface area contributed by atoms with E-state index in [-0.39, 0.29) is 50.6 Å². The topological polar surface area (TPSA) is 105 Å². The molecule has 0 aliphatic carbocycles. The van der Waals surface area contributed by atoms with E-state index in [1.165, 1.54) is 6.08 Å². The number of nitrogens with one attached hydrogen (secondary N) is 2. The average molecular weight is 358 g/mol.